The predicted molar refractivity (Wildman–Crippen MR) is 152 cm³/mol. The van der Waals surface area contributed by atoms with E-state index in [4.69, 9.17) is 9.47 Å². The standard InChI is InChI=1S/C32H32N2O5/c1-6-8-25-16-24(18-28(38-7-2)29(25)39-19-23-11-9-20(3)10-12-23)17-27-30(35)33-32(37)34(31(27)36)26-14-21(4)13-22(5)15-26/h6,9-18H,1,7-8,19H2,2-5H3,(H,33,35,37)/b27-17+. The second-order valence-electron chi connectivity index (χ2n) is 9.51. The van der Waals surface area contributed by atoms with Crippen molar-refractivity contribution in [3.8, 4) is 11.5 Å². The molecule has 1 saturated heterocycles. The molecular formula is C32H32N2O5. The Balaban J connectivity index is 1.72. The van der Waals surface area contributed by atoms with E-state index in [0.29, 0.717) is 42.4 Å². The molecule has 39 heavy (non-hydrogen) atoms. The zero-order valence-corrected chi connectivity index (χ0v) is 22.7. The van der Waals surface area contributed by atoms with Gasteiger partial charge in [0.15, 0.2) is 11.5 Å². The van der Waals surface area contributed by atoms with E-state index in [-0.39, 0.29) is 5.57 Å². The summed E-state index contributed by atoms with van der Waals surface area (Å²) in [7, 11) is 0. The predicted octanol–water partition coefficient (Wildman–Crippen LogP) is 5.98. The lowest BCUT2D eigenvalue weighted by molar-refractivity contribution is -0.122. The van der Waals surface area contributed by atoms with E-state index >= 15 is 0 Å². The normalized spacial score (nSPS) is 14.4. The average Bonchev–Trinajstić information content (AvgIpc) is 2.87. The minimum Gasteiger partial charge on any atom is -0.490 e. The number of hydrogen-bond acceptors (Lipinski definition) is 5. The number of hydrogen-bond donors (Lipinski definition) is 1. The van der Waals surface area contributed by atoms with Gasteiger partial charge in [-0.3, -0.25) is 14.9 Å². The van der Waals surface area contributed by atoms with Gasteiger partial charge in [-0.15, -0.1) is 6.58 Å². The highest BCUT2D eigenvalue weighted by molar-refractivity contribution is 6.39. The van der Waals surface area contributed by atoms with Crippen LogP contribution >= 0.6 is 0 Å². The number of amides is 4. The third-order valence-corrected chi connectivity index (χ3v) is 6.20. The number of aryl methyl sites for hydroxylation is 3. The minimum absolute atomic E-state index is 0.158. The molecule has 1 fully saturated rings. The fraction of sp³-hybridized carbons (Fsp3) is 0.219. The van der Waals surface area contributed by atoms with Gasteiger partial charge in [-0.2, -0.15) is 0 Å². The number of carbonyl (C=O) groups excluding carboxylic acids is 3. The van der Waals surface area contributed by atoms with Crippen molar-refractivity contribution in [3.63, 3.8) is 0 Å². The van der Waals surface area contributed by atoms with Gasteiger partial charge in [0.05, 0.1) is 12.3 Å². The van der Waals surface area contributed by atoms with Crippen molar-refractivity contribution in [2.45, 2.75) is 40.7 Å². The summed E-state index contributed by atoms with van der Waals surface area (Å²) in [4.78, 5) is 39.9. The second kappa shape index (κ2) is 11.8. The van der Waals surface area contributed by atoms with Gasteiger partial charge in [0.2, 0.25) is 0 Å². The fourth-order valence-electron chi connectivity index (χ4n) is 4.48. The van der Waals surface area contributed by atoms with Crippen LogP contribution in [0.5, 0.6) is 11.5 Å². The number of benzene rings is 3. The van der Waals surface area contributed by atoms with Crippen LogP contribution in [-0.2, 0) is 22.6 Å². The highest BCUT2D eigenvalue weighted by atomic mass is 16.5. The molecule has 0 spiro atoms. The molecule has 3 aromatic rings. The van der Waals surface area contributed by atoms with Crippen molar-refractivity contribution in [2.75, 3.05) is 11.5 Å². The van der Waals surface area contributed by atoms with E-state index in [9.17, 15) is 14.4 Å². The first-order valence-electron chi connectivity index (χ1n) is 12.8. The molecule has 7 nitrogen and oxygen atoms in total. The lowest BCUT2D eigenvalue weighted by atomic mass is 10.0. The Morgan fingerprint density at radius 3 is 2.23 bits per heavy atom. The van der Waals surface area contributed by atoms with E-state index < -0.39 is 17.8 Å². The Morgan fingerprint density at radius 1 is 0.897 bits per heavy atom. The molecular weight excluding hydrogens is 492 g/mol. The smallest absolute Gasteiger partial charge is 0.335 e. The van der Waals surface area contributed by atoms with Crippen LogP contribution < -0.4 is 19.7 Å². The van der Waals surface area contributed by atoms with Crippen LogP contribution in [0.2, 0.25) is 0 Å². The summed E-state index contributed by atoms with van der Waals surface area (Å²) in [6.07, 6.45) is 3.70. The molecule has 0 radical (unpaired) electrons. The van der Waals surface area contributed by atoms with Crippen molar-refractivity contribution in [3.05, 3.63) is 106 Å². The Bertz CT molecular complexity index is 1450. The van der Waals surface area contributed by atoms with Gasteiger partial charge in [-0.05, 0) is 86.7 Å². The van der Waals surface area contributed by atoms with E-state index in [0.717, 1.165) is 32.7 Å². The van der Waals surface area contributed by atoms with Gasteiger partial charge in [0.25, 0.3) is 11.8 Å². The zero-order valence-electron chi connectivity index (χ0n) is 22.7. The largest absolute Gasteiger partial charge is 0.490 e. The monoisotopic (exact) mass is 524 g/mol. The maximum absolute atomic E-state index is 13.4. The van der Waals surface area contributed by atoms with Crippen LogP contribution in [0, 0.1) is 20.8 Å². The maximum Gasteiger partial charge on any atom is 0.335 e. The number of anilines is 1. The van der Waals surface area contributed by atoms with E-state index in [1.54, 1.807) is 24.3 Å². The van der Waals surface area contributed by atoms with Crippen LogP contribution in [-0.4, -0.2) is 24.5 Å². The van der Waals surface area contributed by atoms with Gasteiger partial charge in [-0.25, -0.2) is 9.69 Å². The Hall–Kier alpha value is -4.65. The molecule has 1 aliphatic rings. The number of nitrogens with one attached hydrogen (secondary N) is 1. The zero-order chi connectivity index (χ0) is 28.1. The summed E-state index contributed by atoms with van der Waals surface area (Å²) in [6, 6.07) is 16.3. The van der Waals surface area contributed by atoms with E-state index in [2.05, 4.69) is 11.9 Å². The molecule has 0 bridgehead atoms. The first-order chi connectivity index (χ1) is 18.7. The third kappa shape index (κ3) is 6.26. The molecule has 3 aromatic carbocycles. The molecule has 200 valence electrons. The number of ether oxygens (including phenoxy) is 2. The number of barbiturate groups is 1. The number of nitrogens with zero attached hydrogens (tertiary/aromatic N) is 1. The molecule has 4 amide bonds. The number of urea groups is 1. The van der Waals surface area contributed by atoms with Crippen molar-refractivity contribution in [1.82, 2.24) is 5.32 Å². The Labute approximate surface area is 228 Å². The van der Waals surface area contributed by atoms with Crippen molar-refractivity contribution < 1.29 is 23.9 Å². The van der Waals surface area contributed by atoms with Gasteiger partial charge in [0.1, 0.15) is 12.2 Å². The van der Waals surface area contributed by atoms with Crippen LogP contribution in [0.25, 0.3) is 6.08 Å². The SMILES string of the molecule is C=CCc1cc(/C=C2\C(=O)NC(=O)N(c3cc(C)cc(C)c3)C2=O)cc(OCC)c1OCc1ccc(C)cc1. The number of carbonyl (C=O) groups is 3. The first kappa shape index (κ1) is 27.4. The second-order valence-corrected chi connectivity index (χ2v) is 9.51. The molecule has 1 heterocycles. The minimum atomic E-state index is -0.783. The highest BCUT2D eigenvalue weighted by Crippen LogP contribution is 2.36. The molecule has 0 aliphatic carbocycles. The lowest BCUT2D eigenvalue weighted by Gasteiger charge is -2.27. The van der Waals surface area contributed by atoms with Crippen LogP contribution in [0.3, 0.4) is 0 Å². The summed E-state index contributed by atoms with van der Waals surface area (Å²) >= 11 is 0. The lowest BCUT2D eigenvalue weighted by Crippen LogP contribution is -2.54. The van der Waals surface area contributed by atoms with Gasteiger partial charge < -0.3 is 9.47 Å². The molecule has 7 heteroatoms. The van der Waals surface area contributed by atoms with E-state index in [1.807, 2.05) is 64.1 Å². The molecule has 1 N–H and O–H groups in total. The Kier molecular flexibility index (Phi) is 8.30. The number of allylic oxidation sites excluding steroid dienone is 1. The van der Waals surface area contributed by atoms with Crippen molar-refractivity contribution in [2.24, 2.45) is 0 Å². The summed E-state index contributed by atoms with van der Waals surface area (Å²) in [6.45, 7) is 12.3. The quantitative estimate of drug-likeness (QED) is 0.211. The van der Waals surface area contributed by atoms with Gasteiger partial charge in [0, 0.05) is 5.56 Å². The summed E-state index contributed by atoms with van der Waals surface area (Å²) < 4.78 is 12.1. The number of imide groups is 2. The summed E-state index contributed by atoms with van der Waals surface area (Å²) in [5, 5.41) is 2.29. The molecule has 0 saturated carbocycles. The third-order valence-electron chi connectivity index (χ3n) is 6.20. The molecule has 4 rings (SSSR count). The van der Waals surface area contributed by atoms with Gasteiger partial charge in [-0.1, -0.05) is 42.0 Å². The molecule has 0 atom stereocenters. The van der Waals surface area contributed by atoms with Crippen LogP contribution in [0.4, 0.5) is 10.5 Å². The van der Waals surface area contributed by atoms with Crippen LogP contribution in [0.15, 0.2) is 72.8 Å². The highest BCUT2D eigenvalue weighted by Gasteiger charge is 2.37. The van der Waals surface area contributed by atoms with Crippen molar-refractivity contribution in [1.29, 1.82) is 0 Å². The van der Waals surface area contributed by atoms with Gasteiger partial charge >= 0.3 is 6.03 Å². The Morgan fingerprint density at radius 2 is 1.59 bits per heavy atom. The molecule has 0 unspecified atom stereocenters. The number of rotatable bonds is 9. The average molecular weight is 525 g/mol. The first-order valence-corrected chi connectivity index (χ1v) is 12.8. The van der Waals surface area contributed by atoms with E-state index in [1.165, 1.54) is 6.08 Å². The molecule has 0 aromatic heterocycles. The van der Waals surface area contributed by atoms with Crippen LogP contribution in [0.1, 0.15) is 40.3 Å². The topological polar surface area (TPSA) is 84.9 Å². The van der Waals surface area contributed by atoms with Crippen molar-refractivity contribution >= 4 is 29.6 Å². The molecule has 1 aliphatic heterocycles. The fourth-order valence-corrected chi connectivity index (χ4v) is 4.48. The summed E-state index contributed by atoms with van der Waals surface area (Å²) in [5.74, 6) is -0.391. The maximum atomic E-state index is 13.4. The summed E-state index contributed by atoms with van der Waals surface area (Å²) in [5.41, 5.74) is 5.56.